The molecule has 1 aromatic carbocycles. The van der Waals surface area contributed by atoms with Crippen LogP contribution in [0.3, 0.4) is 0 Å². The van der Waals surface area contributed by atoms with Crippen molar-refractivity contribution in [3.63, 3.8) is 0 Å². The van der Waals surface area contributed by atoms with Gasteiger partial charge in [0.2, 0.25) is 5.95 Å². The summed E-state index contributed by atoms with van der Waals surface area (Å²) in [5.41, 5.74) is 0.909. The van der Waals surface area contributed by atoms with Crippen molar-refractivity contribution in [2.24, 2.45) is 7.05 Å². The number of hydrogen-bond donors (Lipinski definition) is 1. The molecule has 0 saturated carbocycles. The molecule has 2 rings (SSSR count). The van der Waals surface area contributed by atoms with E-state index in [1.807, 2.05) is 36.9 Å². The van der Waals surface area contributed by atoms with E-state index in [1.54, 1.807) is 7.11 Å². The summed E-state index contributed by atoms with van der Waals surface area (Å²) in [7, 11) is 5.36. The second-order valence-electron chi connectivity index (χ2n) is 3.50. The summed E-state index contributed by atoms with van der Waals surface area (Å²) in [5.74, 6) is 2.24. The van der Waals surface area contributed by atoms with E-state index in [0.717, 1.165) is 21.6 Å². The summed E-state index contributed by atoms with van der Waals surface area (Å²) in [6.07, 6.45) is 0. The minimum Gasteiger partial charge on any atom is -0.496 e. The molecule has 90 valence electrons. The maximum atomic E-state index is 5.35. The summed E-state index contributed by atoms with van der Waals surface area (Å²) >= 11 is 3.41. The number of nitrogens with zero attached hydrogens (tertiary/aromatic N) is 3. The molecule has 1 heterocycles. The fraction of sp³-hybridized carbons (Fsp3) is 0.273. The fourth-order valence-electron chi connectivity index (χ4n) is 1.63. The number of anilines is 1. The van der Waals surface area contributed by atoms with Crippen LogP contribution in [0.5, 0.6) is 5.75 Å². The number of nitrogens with one attached hydrogen (secondary N) is 1. The number of methoxy groups -OCH3 is 1. The van der Waals surface area contributed by atoms with Crippen LogP contribution in [0.15, 0.2) is 22.7 Å². The van der Waals surface area contributed by atoms with Crippen molar-refractivity contribution in [3.8, 4) is 17.1 Å². The molecule has 1 N–H and O–H groups in total. The molecule has 0 spiro atoms. The number of rotatable bonds is 3. The van der Waals surface area contributed by atoms with Crippen LogP contribution in [-0.2, 0) is 7.05 Å². The highest BCUT2D eigenvalue weighted by atomic mass is 79.9. The van der Waals surface area contributed by atoms with E-state index in [9.17, 15) is 0 Å². The molecule has 0 saturated heterocycles. The Hall–Kier alpha value is -1.56. The molecule has 17 heavy (non-hydrogen) atoms. The van der Waals surface area contributed by atoms with Gasteiger partial charge in [-0.15, -0.1) is 10.2 Å². The SMILES string of the molecule is CNc1nnc(-c2ccc(Br)cc2OC)n1C. The second kappa shape index (κ2) is 4.75. The zero-order valence-corrected chi connectivity index (χ0v) is 11.4. The summed E-state index contributed by atoms with van der Waals surface area (Å²) in [5, 5.41) is 11.2. The number of hydrogen-bond acceptors (Lipinski definition) is 4. The Kier molecular flexibility index (Phi) is 3.33. The standard InChI is InChI=1S/C11H13BrN4O/c1-13-11-15-14-10(16(11)2)8-5-4-7(12)6-9(8)17-3/h4-6H,1-3H3,(H,13,15). The highest BCUT2D eigenvalue weighted by Gasteiger charge is 2.14. The Morgan fingerprint density at radius 2 is 2.12 bits per heavy atom. The Bertz CT molecular complexity index is 538. The van der Waals surface area contributed by atoms with Gasteiger partial charge in [0.25, 0.3) is 0 Å². The molecule has 0 aliphatic rings. The first-order chi connectivity index (χ1) is 8.17. The molecular weight excluding hydrogens is 284 g/mol. The molecule has 1 aromatic heterocycles. The summed E-state index contributed by atoms with van der Waals surface area (Å²) in [6.45, 7) is 0. The third kappa shape index (κ3) is 2.12. The van der Waals surface area contributed by atoms with E-state index in [-0.39, 0.29) is 0 Å². The average Bonchev–Trinajstić information content (AvgIpc) is 2.70. The van der Waals surface area contributed by atoms with Crippen molar-refractivity contribution >= 4 is 21.9 Å². The highest BCUT2D eigenvalue weighted by molar-refractivity contribution is 9.10. The van der Waals surface area contributed by atoms with Gasteiger partial charge in [0.1, 0.15) is 5.75 Å². The first-order valence-corrected chi connectivity index (χ1v) is 5.87. The minimum absolute atomic E-state index is 0.713. The molecule has 0 atom stereocenters. The maximum Gasteiger partial charge on any atom is 0.224 e. The predicted octanol–water partition coefficient (Wildman–Crippen LogP) is 2.29. The van der Waals surface area contributed by atoms with Crippen LogP contribution in [0.2, 0.25) is 0 Å². The van der Waals surface area contributed by atoms with Crippen LogP contribution < -0.4 is 10.1 Å². The Balaban J connectivity index is 2.56. The lowest BCUT2D eigenvalue weighted by Crippen LogP contribution is -2.00. The van der Waals surface area contributed by atoms with Crippen LogP contribution in [0, 0.1) is 0 Å². The first kappa shape index (κ1) is 11.9. The lowest BCUT2D eigenvalue weighted by atomic mass is 10.2. The lowest BCUT2D eigenvalue weighted by molar-refractivity contribution is 0.415. The van der Waals surface area contributed by atoms with Gasteiger partial charge in [-0.25, -0.2) is 0 Å². The number of ether oxygens (including phenoxy) is 1. The first-order valence-electron chi connectivity index (χ1n) is 5.08. The summed E-state index contributed by atoms with van der Waals surface area (Å²) < 4.78 is 8.19. The Morgan fingerprint density at radius 3 is 2.71 bits per heavy atom. The van der Waals surface area contributed by atoms with Crippen LogP contribution in [0.4, 0.5) is 5.95 Å². The van der Waals surface area contributed by atoms with E-state index >= 15 is 0 Å². The largest absolute Gasteiger partial charge is 0.496 e. The van der Waals surface area contributed by atoms with Crippen molar-refractivity contribution in [2.45, 2.75) is 0 Å². The predicted molar refractivity (Wildman–Crippen MR) is 70.2 cm³/mol. The topological polar surface area (TPSA) is 52.0 Å². The Morgan fingerprint density at radius 1 is 1.35 bits per heavy atom. The van der Waals surface area contributed by atoms with Crippen molar-refractivity contribution in [3.05, 3.63) is 22.7 Å². The van der Waals surface area contributed by atoms with Crippen LogP contribution in [0.1, 0.15) is 0 Å². The smallest absolute Gasteiger partial charge is 0.224 e. The van der Waals surface area contributed by atoms with Crippen LogP contribution in [-0.4, -0.2) is 28.9 Å². The van der Waals surface area contributed by atoms with E-state index in [1.165, 1.54) is 0 Å². The van der Waals surface area contributed by atoms with Crippen molar-refractivity contribution in [2.75, 3.05) is 19.5 Å². The molecular formula is C11H13BrN4O. The molecule has 0 aliphatic heterocycles. The molecule has 0 bridgehead atoms. The third-order valence-electron chi connectivity index (χ3n) is 2.50. The Labute approximate surface area is 108 Å². The zero-order chi connectivity index (χ0) is 12.4. The molecule has 5 nitrogen and oxygen atoms in total. The normalized spacial score (nSPS) is 10.4. The van der Waals surface area contributed by atoms with Gasteiger partial charge in [-0.2, -0.15) is 0 Å². The highest BCUT2D eigenvalue weighted by Crippen LogP contribution is 2.31. The van der Waals surface area contributed by atoms with Gasteiger partial charge >= 0.3 is 0 Å². The van der Waals surface area contributed by atoms with Gasteiger partial charge in [-0.05, 0) is 18.2 Å². The van der Waals surface area contributed by atoms with Crippen molar-refractivity contribution < 1.29 is 4.74 Å². The van der Waals surface area contributed by atoms with E-state index in [2.05, 4.69) is 31.4 Å². The van der Waals surface area contributed by atoms with E-state index < -0.39 is 0 Å². The quantitative estimate of drug-likeness (QED) is 0.944. The zero-order valence-electron chi connectivity index (χ0n) is 9.86. The van der Waals surface area contributed by atoms with E-state index in [4.69, 9.17) is 4.74 Å². The van der Waals surface area contributed by atoms with Gasteiger partial charge in [0, 0.05) is 18.6 Å². The summed E-state index contributed by atoms with van der Waals surface area (Å²) in [4.78, 5) is 0. The number of halogens is 1. The van der Waals surface area contributed by atoms with Crippen molar-refractivity contribution in [1.82, 2.24) is 14.8 Å². The number of aromatic nitrogens is 3. The molecule has 0 unspecified atom stereocenters. The van der Waals surface area contributed by atoms with Crippen LogP contribution >= 0.6 is 15.9 Å². The monoisotopic (exact) mass is 296 g/mol. The average molecular weight is 297 g/mol. The second-order valence-corrected chi connectivity index (χ2v) is 4.42. The fourth-order valence-corrected chi connectivity index (χ4v) is 1.97. The van der Waals surface area contributed by atoms with Crippen molar-refractivity contribution in [1.29, 1.82) is 0 Å². The van der Waals surface area contributed by atoms with Gasteiger partial charge in [0.05, 0.1) is 12.7 Å². The maximum absolute atomic E-state index is 5.35. The van der Waals surface area contributed by atoms with Gasteiger partial charge in [-0.3, -0.25) is 4.57 Å². The van der Waals surface area contributed by atoms with Gasteiger partial charge in [0.15, 0.2) is 5.82 Å². The molecule has 0 fully saturated rings. The van der Waals surface area contributed by atoms with Crippen LogP contribution in [0.25, 0.3) is 11.4 Å². The number of benzene rings is 1. The van der Waals surface area contributed by atoms with E-state index in [0.29, 0.717) is 5.95 Å². The molecule has 6 heteroatoms. The molecule has 2 aromatic rings. The molecule has 0 aliphatic carbocycles. The third-order valence-corrected chi connectivity index (χ3v) is 3.00. The van der Waals surface area contributed by atoms with Gasteiger partial charge < -0.3 is 10.1 Å². The molecule has 0 radical (unpaired) electrons. The van der Waals surface area contributed by atoms with Gasteiger partial charge in [-0.1, -0.05) is 15.9 Å². The minimum atomic E-state index is 0.713. The lowest BCUT2D eigenvalue weighted by Gasteiger charge is -2.08. The molecule has 0 amide bonds. The summed E-state index contributed by atoms with van der Waals surface area (Å²) in [6, 6.07) is 5.81.